The smallest absolute Gasteiger partial charge is 0.227 e. The summed E-state index contributed by atoms with van der Waals surface area (Å²) < 4.78 is 20.1. The third kappa shape index (κ3) is 5.35. The summed E-state index contributed by atoms with van der Waals surface area (Å²) in [7, 11) is 1.57. The standard InChI is InChI=1S/C26H26FN7O3/c1-37-21-4-2-3-20(12-21)33-15-18(11-23(33)35)26(36)28-9-10-34-25-22(14-32-34)24(30-16-31-25)29-13-17-5-7-19(27)8-6-17/h2-8,12,14,16,18H,9-11,13,15H2,1H3,(H,28,36)(H,29,30,31). The Kier molecular flexibility index (Phi) is 6.93. The molecule has 0 radical (unpaired) electrons. The van der Waals surface area contributed by atoms with Crippen LogP contribution in [0.4, 0.5) is 15.9 Å². The van der Waals surface area contributed by atoms with Gasteiger partial charge < -0.3 is 20.3 Å². The molecule has 1 atom stereocenters. The van der Waals surface area contributed by atoms with Gasteiger partial charge in [0.15, 0.2) is 5.65 Å². The van der Waals surface area contributed by atoms with Gasteiger partial charge in [-0.1, -0.05) is 18.2 Å². The molecule has 37 heavy (non-hydrogen) atoms. The number of nitrogens with one attached hydrogen (secondary N) is 2. The quantitative estimate of drug-likeness (QED) is 0.361. The Morgan fingerprint density at radius 1 is 1.19 bits per heavy atom. The van der Waals surface area contributed by atoms with Gasteiger partial charge in [0.2, 0.25) is 11.8 Å². The molecule has 5 rings (SSSR count). The van der Waals surface area contributed by atoms with E-state index in [1.807, 2.05) is 18.2 Å². The number of ether oxygens (including phenoxy) is 1. The topological polar surface area (TPSA) is 114 Å². The number of aromatic nitrogens is 4. The Labute approximate surface area is 212 Å². The molecule has 10 nitrogen and oxygen atoms in total. The third-order valence-corrected chi connectivity index (χ3v) is 6.29. The van der Waals surface area contributed by atoms with Crippen LogP contribution in [0.25, 0.3) is 11.0 Å². The Morgan fingerprint density at radius 3 is 2.84 bits per heavy atom. The first kappa shape index (κ1) is 24.2. The highest BCUT2D eigenvalue weighted by Gasteiger charge is 2.35. The lowest BCUT2D eigenvalue weighted by Gasteiger charge is -2.17. The fraction of sp³-hybridized carbons (Fsp3) is 0.269. The molecule has 2 N–H and O–H groups in total. The van der Waals surface area contributed by atoms with Crippen LogP contribution in [0.3, 0.4) is 0 Å². The minimum Gasteiger partial charge on any atom is -0.497 e. The van der Waals surface area contributed by atoms with Crippen LogP contribution in [0.1, 0.15) is 12.0 Å². The Balaban J connectivity index is 1.17. The number of rotatable bonds is 9. The van der Waals surface area contributed by atoms with Crippen molar-refractivity contribution in [2.24, 2.45) is 5.92 Å². The van der Waals surface area contributed by atoms with Crippen LogP contribution in [0, 0.1) is 11.7 Å². The fourth-order valence-electron chi connectivity index (χ4n) is 4.33. The van der Waals surface area contributed by atoms with Gasteiger partial charge in [-0.05, 0) is 29.8 Å². The summed E-state index contributed by atoms with van der Waals surface area (Å²) in [5.74, 6) is 0.289. The molecular formula is C26H26FN7O3. The van der Waals surface area contributed by atoms with Gasteiger partial charge in [0, 0.05) is 37.8 Å². The van der Waals surface area contributed by atoms with Crippen LogP contribution in [0.15, 0.2) is 61.1 Å². The van der Waals surface area contributed by atoms with Crippen molar-refractivity contribution < 1.29 is 18.7 Å². The molecule has 11 heteroatoms. The van der Waals surface area contributed by atoms with Crippen molar-refractivity contribution >= 4 is 34.4 Å². The molecule has 1 saturated heterocycles. The highest BCUT2D eigenvalue weighted by atomic mass is 19.1. The molecule has 2 aromatic carbocycles. The first-order chi connectivity index (χ1) is 18.0. The van der Waals surface area contributed by atoms with Gasteiger partial charge in [0.05, 0.1) is 31.2 Å². The fourth-order valence-corrected chi connectivity index (χ4v) is 4.33. The first-order valence-corrected chi connectivity index (χ1v) is 11.9. The number of nitrogens with zero attached hydrogens (tertiary/aromatic N) is 5. The molecule has 2 aromatic heterocycles. The number of amides is 2. The average molecular weight is 504 g/mol. The lowest BCUT2D eigenvalue weighted by atomic mass is 10.1. The molecule has 0 spiro atoms. The first-order valence-electron chi connectivity index (χ1n) is 11.9. The zero-order valence-electron chi connectivity index (χ0n) is 20.2. The minimum atomic E-state index is -0.433. The number of methoxy groups -OCH3 is 1. The second-order valence-corrected chi connectivity index (χ2v) is 8.71. The molecule has 4 aromatic rings. The van der Waals surface area contributed by atoms with Crippen molar-refractivity contribution in [3.05, 3.63) is 72.4 Å². The van der Waals surface area contributed by atoms with Gasteiger partial charge in [0.25, 0.3) is 0 Å². The number of carbonyl (C=O) groups excluding carboxylic acids is 2. The summed E-state index contributed by atoms with van der Waals surface area (Å²) in [6.45, 7) is 1.53. The van der Waals surface area contributed by atoms with E-state index in [0.717, 1.165) is 10.9 Å². The van der Waals surface area contributed by atoms with Crippen LogP contribution in [0.2, 0.25) is 0 Å². The van der Waals surface area contributed by atoms with Crippen LogP contribution in [-0.2, 0) is 22.7 Å². The Morgan fingerprint density at radius 2 is 2.03 bits per heavy atom. The van der Waals surface area contributed by atoms with E-state index in [-0.39, 0.29) is 24.1 Å². The normalized spacial score (nSPS) is 15.2. The number of halogens is 1. The summed E-state index contributed by atoms with van der Waals surface area (Å²) in [5, 5.41) is 11.3. The van der Waals surface area contributed by atoms with Gasteiger partial charge in [-0.15, -0.1) is 0 Å². The Hall–Kier alpha value is -4.54. The highest BCUT2D eigenvalue weighted by molar-refractivity contribution is 6.00. The minimum absolute atomic E-state index is 0.0937. The van der Waals surface area contributed by atoms with Crippen LogP contribution >= 0.6 is 0 Å². The van der Waals surface area contributed by atoms with Gasteiger partial charge in [-0.2, -0.15) is 5.10 Å². The zero-order chi connectivity index (χ0) is 25.8. The Bertz CT molecular complexity index is 1420. The number of anilines is 2. The molecule has 0 saturated carbocycles. The van der Waals surface area contributed by atoms with Crippen LogP contribution in [-0.4, -0.2) is 51.8 Å². The average Bonchev–Trinajstić information content (AvgIpc) is 3.52. The number of carbonyl (C=O) groups is 2. The van der Waals surface area contributed by atoms with Crippen molar-refractivity contribution in [3.63, 3.8) is 0 Å². The summed E-state index contributed by atoms with van der Waals surface area (Å²) in [5.41, 5.74) is 2.26. The SMILES string of the molecule is COc1cccc(N2CC(C(=O)NCCn3ncc4c(NCc5ccc(F)cc5)ncnc43)CC2=O)c1. The maximum atomic E-state index is 13.1. The molecule has 190 valence electrons. The van der Waals surface area contributed by atoms with Crippen LogP contribution in [0.5, 0.6) is 5.75 Å². The van der Waals surface area contributed by atoms with E-state index in [9.17, 15) is 14.0 Å². The van der Waals surface area contributed by atoms with Gasteiger partial charge in [0.1, 0.15) is 23.7 Å². The van der Waals surface area contributed by atoms with E-state index in [1.165, 1.54) is 18.5 Å². The molecule has 3 heterocycles. The predicted octanol–water partition coefficient (Wildman–Crippen LogP) is 2.76. The second kappa shape index (κ2) is 10.6. The second-order valence-electron chi connectivity index (χ2n) is 8.71. The number of hydrogen-bond acceptors (Lipinski definition) is 7. The van der Waals surface area contributed by atoms with E-state index in [4.69, 9.17) is 4.74 Å². The lowest BCUT2D eigenvalue weighted by molar-refractivity contribution is -0.126. The van der Waals surface area contributed by atoms with Crippen molar-refractivity contribution in [1.29, 1.82) is 0 Å². The summed E-state index contributed by atoms with van der Waals surface area (Å²) in [6.07, 6.45) is 3.28. The lowest BCUT2D eigenvalue weighted by Crippen LogP contribution is -2.35. The van der Waals surface area contributed by atoms with E-state index >= 15 is 0 Å². The largest absolute Gasteiger partial charge is 0.497 e. The molecule has 1 fully saturated rings. The predicted molar refractivity (Wildman–Crippen MR) is 136 cm³/mol. The third-order valence-electron chi connectivity index (χ3n) is 6.29. The number of benzene rings is 2. The van der Waals surface area contributed by atoms with Gasteiger partial charge >= 0.3 is 0 Å². The molecule has 0 bridgehead atoms. The summed E-state index contributed by atoms with van der Waals surface area (Å²) in [4.78, 5) is 35.6. The van der Waals surface area contributed by atoms with E-state index in [0.29, 0.717) is 49.1 Å². The zero-order valence-corrected chi connectivity index (χ0v) is 20.2. The van der Waals surface area contributed by atoms with E-state index < -0.39 is 5.92 Å². The van der Waals surface area contributed by atoms with Gasteiger partial charge in [-0.3, -0.25) is 9.59 Å². The van der Waals surface area contributed by atoms with Gasteiger partial charge in [-0.25, -0.2) is 19.0 Å². The van der Waals surface area contributed by atoms with Crippen molar-refractivity contribution in [3.8, 4) is 5.75 Å². The maximum absolute atomic E-state index is 13.1. The van der Waals surface area contributed by atoms with Crippen LogP contribution < -0.4 is 20.3 Å². The monoisotopic (exact) mass is 503 g/mol. The van der Waals surface area contributed by atoms with E-state index in [2.05, 4.69) is 25.7 Å². The summed E-state index contributed by atoms with van der Waals surface area (Å²) in [6, 6.07) is 13.5. The molecular weight excluding hydrogens is 477 g/mol. The molecule has 1 unspecified atom stereocenters. The molecule has 2 amide bonds. The molecule has 1 aliphatic heterocycles. The van der Waals surface area contributed by atoms with E-state index in [1.54, 1.807) is 41.1 Å². The summed E-state index contributed by atoms with van der Waals surface area (Å²) >= 11 is 0. The maximum Gasteiger partial charge on any atom is 0.227 e. The molecule has 0 aliphatic carbocycles. The van der Waals surface area contributed by atoms with Crippen molar-refractivity contribution in [2.45, 2.75) is 19.5 Å². The highest BCUT2D eigenvalue weighted by Crippen LogP contribution is 2.28. The van der Waals surface area contributed by atoms with Crippen molar-refractivity contribution in [1.82, 2.24) is 25.1 Å². The number of fused-ring (bicyclic) bond motifs is 1. The van der Waals surface area contributed by atoms with Crippen molar-refractivity contribution in [2.75, 3.05) is 30.4 Å². The number of hydrogen-bond donors (Lipinski definition) is 2. The molecule has 1 aliphatic rings.